The molecule has 0 fully saturated rings. The molecule has 3 rings (SSSR count). The van der Waals surface area contributed by atoms with E-state index in [1.165, 1.54) is 12.1 Å². The second-order valence-electron chi connectivity index (χ2n) is 5.29. The fraction of sp³-hybridized carbons (Fsp3) is 0.214. The van der Waals surface area contributed by atoms with Gasteiger partial charge < -0.3 is 0 Å². The van der Waals surface area contributed by atoms with Crippen LogP contribution in [0.1, 0.15) is 11.6 Å². The molecule has 0 radical (unpaired) electrons. The first kappa shape index (κ1) is 19.0. The van der Waals surface area contributed by atoms with Crippen molar-refractivity contribution in [2.45, 2.75) is 17.1 Å². The molecule has 138 valence electrons. The molecule has 12 heteroatoms. The van der Waals surface area contributed by atoms with Crippen molar-refractivity contribution in [3.63, 3.8) is 0 Å². The van der Waals surface area contributed by atoms with E-state index in [1.54, 1.807) is 0 Å². The average Bonchev–Trinajstić information content (AvgIpc) is 3.03. The number of halogens is 4. The van der Waals surface area contributed by atoms with Gasteiger partial charge in [0, 0.05) is 18.3 Å². The minimum Gasteiger partial charge on any atom is -0.233 e. The molecule has 0 aliphatic carbocycles. The molecular formula is C14H10ClF3N4O2S2. The van der Waals surface area contributed by atoms with Crippen molar-refractivity contribution in [2.24, 2.45) is 0 Å². The average molecular weight is 423 g/mol. The molecule has 0 amide bonds. The van der Waals surface area contributed by atoms with E-state index in [0.29, 0.717) is 0 Å². The van der Waals surface area contributed by atoms with Gasteiger partial charge in [0.05, 0.1) is 11.7 Å². The summed E-state index contributed by atoms with van der Waals surface area (Å²) in [6.45, 7) is 0. The van der Waals surface area contributed by atoms with Crippen LogP contribution in [-0.2, 0) is 10.0 Å². The topological polar surface area (TPSA) is 76.1 Å². The van der Waals surface area contributed by atoms with Crippen LogP contribution >= 0.6 is 23.3 Å². The quantitative estimate of drug-likeness (QED) is 0.641. The van der Waals surface area contributed by atoms with Crippen molar-refractivity contribution >= 4 is 44.5 Å². The lowest BCUT2D eigenvalue weighted by Crippen LogP contribution is -2.39. The van der Waals surface area contributed by atoms with E-state index in [1.807, 2.05) is 0 Å². The van der Waals surface area contributed by atoms with Crippen LogP contribution in [0.5, 0.6) is 0 Å². The second kappa shape index (κ2) is 6.72. The molecular weight excluding hydrogens is 413 g/mol. The fourth-order valence-corrected chi connectivity index (χ4v) is 4.27. The summed E-state index contributed by atoms with van der Waals surface area (Å²) in [6, 6.07) is 3.58. The molecule has 2 heterocycles. The second-order valence-corrected chi connectivity index (χ2v) is 8.26. The summed E-state index contributed by atoms with van der Waals surface area (Å²) in [7, 11) is -3.63. The Morgan fingerprint density at radius 3 is 2.46 bits per heavy atom. The van der Waals surface area contributed by atoms with Crippen LogP contribution in [0.15, 0.2) is 41.4 Å². The lowest BCUT2D eigenvalue weighted by Gasteiger charge is -2.29. The van der Waals surface area contributed by atoms with Gasteiger partial charge in [-0.15, -0.1) is 0 Å². The maximum absolute atomic E-state index is 13.6. The number of fused-ring (bicyclic) bond motifs is 1. The third kappa shape index (κ3) is 3.52. The summed E-state index contributed by atoms with van der Waals surface area (Å²) in [6.07, 6.45) is -3.87. The molecule has 1 aromatic carbocycles. The van der Waals surface area contributed by atoms with Gasteiger partial charge in [-0.1, -0.05) is 23.7 Å². The largest absolute Gasteiger partial charge is 0.409 e. The first-order valence-corrected chi connectivity index (χ1v) is 9.54. The standard InChI is InChI=1S/C14H10ClF3N4O2S2/c1-22(12(14(16,17)18)8-2-4-9(15)5-3-8)26(23,24)10-6-11-13(19-7-10)21-25-20-11/h2-7,12H,1H3. The van der Waals surface area contributed by atoms with Crippen molar-refractivity contribution in [3.8, 4) is 0 Å². The number of sulfonamides is 1. The van der Waals surface area contributed by atoms with Crippen molar-refractivity contribution < 1.29 is 21.6 Å². The van der Waals surface area contributed by atoms with Gasteiger partial charge in [-0.3, -0.25) is 0 Å². The number of alkyl halides is 3. The highest BCUT2D eigenvalue weighted by Crippen LogP contribution is 2.40. The highest BCUT2D eigenvalue weighted by molar-refractivity contribution is 7.89. The Morgan fingerprint density at radius 1 is 1.19 bits per heavy atom. The number of benzene rings is 1. The SMILES string of the molecule is CN(C(c1ccc(Cl)cc1)C(F)(F)F)S(=O)(=O)c1cnc2nsnc2c1. The number of pyridine rings is 1. The molecule has 0 aliphatic heterocycles. The van der Waals surface area contributed by atoms with E-state index in [0.717, 1.165) is 43.2 Å². The van der Waals surface area contributed by atoms with E-state index in [9.17, 15) is 21.6 Å². The van der Waals surface area contributed by atoms with Crippen LogP contribution in [0.4, 0.5) is 13.2 Å². The van der Waals surface area contributed by atoms with Gasteiger partial charge >= 0.3 is 6.18 Å². The first-order chi connectivity index (χ1) is 12.1. The normalized spacial score (nSPS) is 14.1. The van der Waals surface area contributed by atoms with Gasteiger partial charge in [0.2, 0.25) is 10.0 Å². The lowest BCUT2D eigenvalue weighted by molar-refractivity contribution is -0.171. The first-order valence-electron chi connectivity index (χ1n) is 6.99. The number of hydrogen-bond donors (Lipinski definition) is 0. The molecule has 1 unspecified atom stereocenters. The summed E-state index contributed by atoms with van der Waals surface area (Å²) < 4.78 is 74.3. The predicted molar refractivity (Wildman–Crippen MR) is 90.4 cm³/mol. The summed E-state index contributed by atoms with van der Waals surface area (Å²) >= 11 is 6.53. The molecule has 0 saturated carbocycles. The number of nitrogens with zero attached hydrogens (tertiary/aromatic N) is 4. The summed E-state index contributed by atoms with van der Waals surface area (Å²) in [5.41, 5.74) is 0.165. The van der Waals surface area contributed by atoms with Crippen LogP contribution in [0.2, 0.25) is 5.02 Å². The molecule has 1 atom stereocenters. The maximum atomic E-state index is 13.6. The Kier molecular flexibility index (Phi) is 4.90. The van der Waals surface area contributed by atoms with Crippen molar-refractivity contribution in [3.05, 3.63) is 47.1 Å². The van der Waals surface area contributed by atoms with Crippen LogP contribution < -0.4 is 0 Å². The molecule has 0 spiro atoms. The van der Waals surface area contributed by atoms with Crippen molar-refractivity contribution in [1.29, 1.82) is 0 Å². The molecule has 0 saturated heterocycles. The Labute approximate surface area is 155 Å². The fourth-order valence-electron chi connectivity index (χ4n) is 2.36. The third-order valence-corrected chi connectivity index (χ3v) is 6.20. The monoisotopic (exact) mass is 422 g/mol. The zero-order valence-corrected chi connectivity index (χ0v) is 15.4. The Hall–Kier alpha value is -1.82. The van der Waals surface area contributed by atoms with E-state index < -0.39 is 27.1 Å². The molecule has 0 aliphatic rings. The number of hydrogen-bond acceptors (Lipinski definition) is 6. The third-order valence-electron chi connectivity index (χ3n) is 3.63. The van der Waals surface area contributed by atoms with Crippen LogP contribution in [0.3, 0.4) is 0 Å². The molecule has 6 nitrogen and oxygen atoms in total. The highest BCUT2D eigenvalue weighted by atomic mass is 35.5. The molecule has 3 aromatic rings. The van der Waals surface area contributed by atoms with Crippen LogP contribution in [0, 0.1) is 0 Å². The van der Waals surface area contributed by atoms with E-state index in [2.05, 4.69) is 13.7 Å². The van der Waals surface area contributed by atoms with Gasteiger partial charge in [0.15, 0.2) is 5.65 Å². The summed E-state index contributed by atoms with van der Waals surface area (Å²) in [5.74, 6) is 0. The van der Waals surface area contributed by atoms with Gasteiger partial charge in [0.1, 0.15) is 16.5 Å². The van der Waals surface area contributed by atoms with Crippen molar-refractivity contribution in [2.75, 3.05) is 7.05 Å². The Balaban J connectivity index is 2.07. The minimum absolute atomic E-state index is 0.194. The molecule has 0 N–H and O–H groups in total. The number of rotatable bonds is 4. The van der Waals surface area contributed by atoms with E-state index in [4.69, 9.17) is 11.6 Å². The molecule has 2 aromatic heterocycles. The smallest absolute Gasteiger partial charge is 0.233 e. The molecule has 0 bridgehead atoms. The van der Waals surface area contributed by atoms with Crippen LogP contribution in [-0.4, -0.2) is 39.7 Å². The van der Waals surface area contributed by atoms with Crippen molar-refractivity contribution in [1.82, 2.24) is 18.0 Å². The Bertz CT molecular complexity index is 1040. The van der Waals surface area contributed by atoms with E-state index >= 15 is 0 Å². The van der Waals surface area contributed by atoms with Gasteiger partial charge in [0.25, 0.3) is 0 Å². The highest BCUT2D eigenvalue weighted by Gasteiger charge is 2.47. The zero-order valence-electron chi connectivity index (χ0n) is 13.0. The van der Waals surface area contributed by atoms with Gasteiger partial charge in [-0.25, -0.2) is 13.4 Å². The van der Waals surface area contributed by atoms with Gasteiger partial charge in [-0.05, 0) is 23.8 Å². The minimum atomic E-state index is -4.84. The zero-order chi connectivity index (χ0) is 19.1. The molecule has 26 heavy (non-hydrogen) atoms. The predicted octanol–water partition coefficient (Wildman–Crippen LogP) is 3.66. The summed E-state index contributed by atoms with van der Waals surface area (Å²) in [5, 5.41) is 0.242. The number of aromatic nitrogens is 3. The lowest BCUT2D eigenvalue weighted by atomic mass is 10.1. The van der Waals surface area contributed by atoms with Crippen LogP contribution in [0.25, 0.3) is 11.2 Å². The van der Waals surface area contributed by atoms with E-state index in [-0.39, 0.29) is 26.1 Å². The summed E-state index contributed by atoms with van der Waals surface area (Å²) in [4.78, 5) is 3.43. The maximum Gasteiger partial charge on any atom is 0.409 e. The van der Waals surface area contributed by atoms with Gasteiger partial charge in [-0.2, -0.15) is 26.2 Å². The Morgan fingerprint density at radius 2 is 1.85 bits per heavy atom.